The minimum Gasteiger partial charge on any atom is -0.481 e. The van der Waals surface area contributed by atoms with E-state index in [-0.39, 0.29) is 67.9 Å². The summed E-state index contributed by atoms with van der Waals surface area (Å²) in [7, 11) is 0. The number of nitrogens with one attached hydrogen (secondary N) is 4. The molecule has 136 heavy (non-hydrogen) atoms. The lowest BCUT2D eigenvalue weighted by Gasteiger charge is -2.35. The standard InChI is InChI=1S/2C46H73N9O12S/c1-3-4-5-10-50-43-42-38(51-46(48)52-43)8-12-55(42)32-36-7-6-35(29-34(36)2)31-53-13-15-54(16-14-53)41(57)9-17-62-19-21-64-23-25-66-27-28-67-26-24-65-22-20-63-18-11-49-40(56)30-39(45(60)61)68-33-37(47)44(58)59;1-3-4-5-10-49-43-42-38(51-46(48)52-43)8-12-55(42)32-36-7-6-35(29-34(36)2)31-53-13-15-54(16-14-53)40(56)9-17-62-19-21-64-23-25-66-27-28-67-26-24-65-22-20-63-18-11-50-44(59)39(30-41(57)58)68-33-37(47)45(60)61/h6-8,12,29,37,39H,3-5,9-11,13-28,30-33,47H2,1-2H3,(H,49,56)(H,58,59)(H,60,61)(H3,48,50,51,52);6-8,12,29,37,39H,3-5,9-11,13-28,30-33,47H2,1-2H3,(H,50,59)(H,57,58)(H,60,61)(H3,48,49,51,52)/t2*37-,39?/m00/s1. The van der Waals surface area contributed by atoms with Crippen molar-refractivity contribution in [3.05, 3.63) is 94.3 Å². The maximum atomic E-state index is 12.9. The third-order valence-corrected chi connectivity index (χ3v) is 24.5. The van der Waals surface area contributed by atoms with Gasteiger partial charge in [0, 0.05) is 135 Å². The molecule has 6 aromatic rings. The molecule has 2 aromatic carbocycles. The molecule has 0 saturated carbocycles. The number of rotatable bonds is 74. The number of aromatic nitrogens is 6. The number of aliphatic carboxylic acids is 4. The summed E-state index contributed by atoms with van der Waals surface area (Å²) in [6.07, 6.45) is 10.8. The molecule has 4 atom stereocenters. The largest absolute Gasteiger partial charge is 0.481 e. The number of ether oxygens (including phenoxy) is 12. The number of nitrogens with two attached hydrogens (primary N) is 4. The average molecular weight is 1950 g/mol. The monoisotopic (exact) mass is 1950 g/mol. The number of aryl methyl sites for hydroxylation is 2. The summed E-state index contributed by atoms with van der Waals surface area (Å²) in [4.78, 5) is 121. The highest BCUT2D eigenvalue weighted by molar-refractivity contribution is 8.00. The minimum absolute atomic E-state index is 0.0899. The molecule has 6 heterocycles. The van der Waals surface area contributed by atoms with Gasteiger partial charge in [0.15, 0.2) is 11.6 Å². The number of benzene rings is 2. The lowest BCUT2D eigenvalue weighted by molar-refractivity contribution is -0.139. The van der Waals surface area contributed by atoms with Crippen molar-refractivity contribution in [1.82, 2.24) is 59.3 Å². The van der Waals surface area contributed by atoms with E-state index in [1.54, 1.807) is 0 Å². The number of anilines is 4. The molecule has 2 unspecified atom stereocenters. The first-order chi connectivity index (χ1) is 65.9. The van der Waals surface area contributed by atoms with Crippen LogP contribution in [-0.2, 0) is 121 Å². The molecule has 16 N–H and O–H groups in total. The van der Waals surface area contributed by atoms with Crippen LogP contribution in [0.4, 0.5) is 23.5 Å². The third kappa shape index (κ3) is 45.5. The summed E-state index contributed by atoms with van der Waals surface area (Å²) >= 11 is 1.70. The molecule has 2 saturated heterocycles. The third-order valence-electron chi connectivity index (χ3n) is 21.8. The lowest BCUT2D eigenvalue weighted by Crippen LogP contribution is -2.48. The van der Waals surface area contributed by atoms with Crippen LogP contribution in [-0.4, -0.2) is 388 Å². The normalized spacial score (nSPS) is 14.0. The molecule has 42 nitrogen and oxygen atoms in total. The van der Waals surface area contributed by atoms with E-state index in [1.165, 1.54) is 33.4 Å². The number of unbranched alkanes of at least 4 members (excludes halogenated alkanes) is 4. The number of thioether (sulfide) groups is 2. The fourth-order valence-electron chi connectivity index (χ4n) is 14.3. The van der Waals surface area contributed by atoms with Crippen molar-refractivity contribution in [3.8, 4) is 0 Å². The van der Waals surface area contributed by atoms with E-state index in [4.69, 9.17) is 95.1 Å². The fourth-order valence-corrected chi connectivity index (χ4v) is 16.3. The summed E-state index contributed by atoms with van der Waals surface area (Å²) in [5, 5.41) is 46.1. The number of piperazine rings is 2. The molecule has 4 amide bonds. The summed E-state index contributed by atoms with van der Waals surface area (Å²) in [5.74, 6) is -3.75. The van der Waals surface area contributed by atoms with Gasteiger partial charge in [-0.2, -0.15) is 9.97 Å². The molecule has 760 valence electrons. The predicted octanol–water partition coefficient (Wildman–Crippen LogP) is 4.42. The van der Waals surface area contributed by atoms with Crippen molar-refractivity contribution in [2.75, 3.05) is 271 Å². The van der Waals surface area contributed by atoms with Gasteiger partial charge in [-0.1, -0.05) is 75.9 Å². The number of carbonyl (C=O) groups excluding carboxylic acids is 4. The molecule has 2 aliphatic heterocycles. The van der Waals surface area contributed by atoms with Gasteiger partial charge in [0.1, 0.15) is 28.4 Å². The molecule has 0 bridgehead atoms. The zero-order chi connectivity index (χ0) is 97.9. The molecule has 2 aliphatic rings. The zero-order valence-corrected chi connectivity index (χ0v) is 81.0. The van der Waals surface area contributed by atoms with Crippen LogP contribution in [0.5, 0.6) is 0 Å². The zero-order valence-electron chi connectivity index (χ0n) is 79.4. The summed E-state index contributed by atoms with van der Waals surface area (Å²) in [5.41, 5.74) is 33.9. The van der Waals surface area contributed by atoms with Crippen LogP contribution >= 0.6 is 23.5 Å². The fraction of sp³-hybridized carbons (Fsp3) is 0.652. The highest BCUT2D eigenvalue weighted by Crippen LogP contribution is 2.29. The SMILES string of the molecule is CCCCCNc1nc(N)nc2ccn(Cc3ccc(CN4CCN(C(=O)CCOCCOCCOCCOCCOCCOCCNC(=O)C(CC(=O)O)SC[C@H](N)C(=O)O)CC4)cc3C)c12.CCCCCNc1nc(N)nc2ccn(Cc3ccc(CN4CCN(C(=O)CCOCCOCCOCCOCCOCCOCCNC(=O)CC(SC[C@H](N)C(=O)O)C(=O)O)CC4)cc3C)c12. The maximum Gasteiger partial charge on any atom is 0.321 e. The van der Waals surface area contributed by atoms with Crippen LogP contribution < -0.4 is 44.2 Å². The van der Waals surface area contributed by atoms with E-state index in [0.717, 1.165) is 148 Å². The number of hydrogen-bond acceptors (Lipinski definition) is 34. The number of carboxylic acid groups (broad SMARTS) is 4. The first-order valence-electron chi connectivity index (χ1n) is 46.9. The quantitative estimate of drug-likeness (QED) is 0.0235. The smallest absolute Gasteiger partial charge is 0.321 e. The van der Waals surface area contributed by atoms with Gasteiger partial charge in [0.25, 0.3) is 0 Å². The number of nitrogens with zero attached hydrogens (tertiary/aromatic N) is 10. The number of carboxylic acids is 4. The van der Waals surface area contributed by atoms with Crippen molar-refractivity contribution < 1.29 is 116 Å². The second-order valence-electron chi connectivity index (χ2n) is 32.5. The summed E-state index contributed by atoms with van der Waals surface area (Å²) in [6.45, 7) is 28.7. The molecule has 0 spiro atoms. The number of fused-ring (bicyclic) bond motifs is 2. The first-order valence-corrected chi connectivity index (χ1v) is 49.0. The van der Waals surface area contributed by atoms with E-state index < -0.39 is 64.7 Å². The van der Waals surface area contributed by atoms with Gasteiger partial charge < -0.3 is 140 Å². The Labute approximate surface area is 804 Å². The second-order valence-corrected chi connectivity index (χ2v) is 35.0. The Balaban J connectivity index is 0.000000371. The highest BCUT2D eigenvalue weighted by Gasteiger charge is 2.29. The van der Waals surface area contributed by atoms with Gasteiger partial charge in [-0.05, 0) is 72.2 Å². The van der Waals surface area contributed by atoms with Crippen LogP contribution in [0.3, 0.4) is 0 Å². The van der Waals surface area contributed by atoms with Crippen LogP contribution in [0.15, 0.2) is 60.9 Å². The van der Waals surface area contributed by atoms with Crippen LogP contribution in [0.2, 0.25) is 0 Å². The molecular weight excluding hydrogens is 1810 g/mol. The topological polar surface area (TPSA) is 555 Å². The summed E-state index contributed by atoms with van der Waals surface area (Å²) < 4.78 is 70.5. The van der Waals surface area contributed by atoms with Gasteiger partial charge >= 0.3 is 23.9 Å². The molecule has 0 radical (unpaired) electrons. The van der Waals surface area contributed by atoms with E-state index in [1.807, 2.05) is 28.1 Å². The van der Waals surface area contributed by atoms with Crippen molar-refractivity contribution >= 4 is 117 Å². The number of amides is 4. The minimum atomic E-state index is -1.24. The first kappa shape index (κ1) is 114. The van der Waals surface area contributed by atoms with Gasteiger partial charge in [0.05, 0.1) is 194 Å². The number of nitrogen functional groups attached to an aromatic ring is 2. The lowest BCUT2D eigenvalue weighted by atomic mass is 10.0. The molecule has 8 rings (SSSR count). The molecule has 0 aliphatic carbocycles. The summed E-state index contributed by atoms with van der Waals surface area (Å²) in [6, 6.07) is 14.9. The second kappa shape index (κ2) is 67.1. The molecular formula is C92H146N18O24S2. The Bertz CT molecular complexity index is 4490. The van der Waals surface area contributed by atoms with E-state index in [2.05, 4.69) is 130 Å². The molecule has 2 fully saturated rings. The maximum absolute atomic E-state index is 12.9. The van der Waals surface area contributed by atoms with Gasteiger partial charge in [-0.3, -0.25) is 48.2 Å². The van der Waals surface area contributed by atoms with Gasteiger partial charge in [-0.15, -0.1) is 23.5 Å². The Kier molecular flexibility index (Phi) is 56.1. The van der Waals surface area contributed by atoms with E-state index in [9.17, 15) is 43.5 Å². The molecule has 4 aromatic heterocycles. The van der Waals surface area contributed by atoms with Crippen molar-refractivity contribution in [2.24, 2.45) is 11.5 Å². The number of carbonyl (C=O) groups is 8. The van der Waals surface area contributed by atoms with Gasteiger partial charge in [-0.25, -0.2) is 9.97 Å². The highest BCUT2D eigenvalue weighted by atomic mass is 32.2. The van der Waals surface area contributed by atoms with Crippen LogP contribution in [0, 0.1) is 13.8 Å². The Morgan fingerprint density at radius 1 is 0.404 bits per heavy atom. The van der Waals surface area contributed by atoms with Crippen molar-refractivity contribution in [2.45, 2.75) is 141 Å². The molecule has 44 heteroatoms. The van der Waals surface area contributed by atoms with E-state index >= 15 is 0 Å². The van der Waals surface area contributed by atoms with Gasteiger partial charge in [0.2, 0.25) is 35.5 Å². The Morgan fingerprint density at radius 3 is 1.09 bits per heavy atom. The van der Waals surface area contributed by atoms with Crippen molar-refractivity contribution in [3.63, 3.8) is 0 Å². The Hall–Kier alpha value is -9.30. The Morgan fingerprint density at radius 2 is 0.750 bits per heavy atom. The van der Waals surface area contributed by atoms with Crippen LogP contribution in [0.1, 0.15) is 111 Å². The van der Waals surface area contributed by atoms with E-state index in [0.29, 0.717) is 197 Å². The van der Waals surface area contributed by atoms with Crippen LogP contribution in [0.25, 0.3) is 22.1 Å². The number of hydrogen-bond donors (Lipinski definition) is 12. The average Bonchev–Trinajstić information content (AvgIpc) is 1.64. The van der Waals surface area contributed by atoms with Crippen molar-refractivity contribution in [1.29, 1.82) is 0 Å². The predicted molar refractivity (Wildman–Crippen MR) is 517 cm³/mol.